The molecule has 14 heavy (non-hydrogen) atoms. The molecule has 0 fully saturated rings. The minimum atomic E-state index is 0.723. The van der Waals surface area contributed by atoms with Gasteiger partial charge >= 0.3 is 0 Å². The maximum atomic E-state index is 5.26. The van der Waals surface area contributed by atoms with Gasteiger partial charge in [-0.3, -0.25) is 0 Å². The first-order chi connectivity index (χ1) is 6.59. The van der Waals surface area contributed by atoms with Crippen LogP contribution in [-0.4, -0.2) is 4.98 Å². The minimum Gasteiger partial charge on any atom is -0.441 e. The van der Waals surface area contributed by atoms with Gasteiger partial charge in [0.1, 0.15) is 5.52 Å². The van der Waals surface area contributed by atoms with E-state index in [2.05, 4.69) is 25.8 Å². The Balaban J connectivity index is 0.000000213. The van der Waals surface area contributed by atoms with Gasteiger partial charge in [0.05, 0.1) is 0 Å². The molecule has 0 radical (unpaired) electrons. The molecule has 0 N–H and O–H groups in total. The van der Waals surface area contributed by atoms with E-state index in [9.17, 15) is 0 Å². The number of hydrogen-bond acceptors (Lipinski definition) is 2. The summed E-state index contributed by atoms with van der Waals surface area (Å²) >= 11 is 0. The second-order valence-corrected chi connectivity index (χ2v) is 3.93. The fourth-order valence-electron chi connectivity index (χ4n) is 0.987. The molecule has 0 atom stereocenters. The lowest BCUT2D eigenvalue weighted by molar-refractivity contribution is 0.561. The molecule has 2 heteroatoms. The van der Waals surface area contributed by atoms with Gasteiger partial charge in [0, 0.05) is 6.92 Å². The van der Waals surface area contributed by atoms with Crippen LogP contribution in [0.25, 0.3) is 11.1 Å². The SMILES string of the molecule is CC(C)C.Cc1nc2ccccc2o1. The predicted octanol–water partition coefficient (Wildman–Crippen LogP) is 3.80. The summed E-state index contributed by atoms with van der Waals surface area (Å²) < 4.78 is 5.26. The number of oxazole rings is 1. The molecule has 0 amide bonds. The van der Waals surface area contributed by atoms with Crippen molar-refractivity contribution in [3.05, 3.63) is 30.2 Å². The molecule has 1 heterocycles. The molecular formula is C12H17NO. The quantitative estimate of drug-likeness (QED) is 0.633. The van der Waals surface area contributed by atoms with Gasteiger partial charge in [0.2, 0.25) is 0 Å². The van der Waals surface area contributed by atoms with Crippen LogP contribution in [0, 0.1) is 12.8 Å². The molecule has 0 aliphatic rings. The summed E-state index contributed by atoms with van der Waals surface area (Å²) in [4.78, 5) is 4.15. The average molecular weight is 191 g/mol. The number of hydrogen-bond donors (Lipinski definition) is 0. The highest BCUT2D eigenvalue weighted by Crippen LogP contribution is 2.12. The highest BCUT2D eigenvalue weighted by Gasteiger charge is 1.97. The maximum absolute atomic E-state index is 5.26. The second kappa shape index (κ2) is 4.80. The van der Waals surface area contributed by atoms with Crippen LogP contribution >= 0.6 is 0 Å². The molecule has 2 rings (SSSR count). The summed E-state index contributed by atoms with van der Waals surface area (Å²) in [6.45, 7) is 8.35. The molecular weight excluding hydrogens is 174 g/mol. The van der Waals surface area contributed by atoms with Crippen molar-refractivity contribution in [3.63, 3.8) is 0 Å². The van der Waals surface area contributed by atoms with Gasteiger partial charge in [-0.1, -0.05) is 32.9 Å². The summed E-state index contributed by atoms with van der Waals surface area (Å²) in [6, 6.07) is 7.73. The van der Waals surface area contributed by atoms with Gasteiger partial charge in [0.25, 0.3) is 0 Å². The Morgan fingerprint density at radius 2 is 1.71 bits per heavy atom. The largest absolute Gasteiger partial charge is 0.441 e. The van der Waals surface area contributed by atoms with E-state index in [-0.39, 0.29) is 0 Å². The van der Waals surface area contributed by atoms with Crippen molar-refractivity contribution in [1.82, 2.24) is 4.98 Å². The van der Waals surface area contributed by atoms with E-state index in [4.69, 9.17) is 4.42 Å². The molecule has 0 aliphatic heterocycles. The van der Waals surface area contributed by atoms with Crippen molar-refractivity contribution in [1.29, 1.82) is 0 Å². The van der Waals surface area contributed by atoms with Crippen LogP contribution in [0.1, 0.15) is 26.7 Å². The van der Waals surface area contributed by atoms with Crippen LogP contribution in [0.5, 0.6) is 0 Å². The van der Waals surface area contributed by atoms with Gasteiger partial charge in [0.15, 0.2) is 11.5 Å². The van der Waals surface area contributed by atoms with Crippen LogP contribution in [-0.2, 0) is 0 Å². The van der Waals surface area contributed by atoms with Crippen molar-refractivity contribution in [2.75, 3.05) is 0 Å². The van der Waals surface area contributed by atoms with Gasteiger partial charge < -0.3 is 4.42 Å². The number of benzene rings is 1. The Bertz CT molecular complexity index is 354. The Hall–Kier alpha value is -1.31. The number of para-hydroxylation sites is 2. The predicted molar refractivity (Wildman–Crippen MR) is 59.3 cm³/mol. The number of rotatable bonds is 0. The molecule has 2 aromatic rings. The highest BCUT2D eigenvalue weighted by molar-refractivity contribution is 5.71. The number of nitrogens with zero attached hydrogens (tertiary/aromatic N) is 1. The third-order valence-corrected chi connectivity index (χ3v) is 1.40. The summed E-state index contributed by atoms with van der Waals surface area (Å²) in [5, 5.41) is 0. The topological polar surface area (TPSA) is 26.0 Å². The normalized spacial score (nSPS) is 10.1. The maximum Gasteiger partial charge on any atom is 0.192 e. The molecule has 0 saturated carbocycles. The molecule has 2 nitrogen and oxygen atoms in total. The monoisotopic (exact) mass is 191 g/mol. The van der Waals surface area contributed by atoms with Crippen molar-refractivity contribution in [3.8, 4) is 0 Å². The molecule has 0 bridgehead atoms. The Labute approximate surface area is 85.0 Å². The summed E-state index contributed by atoms with van der Waals surface area (Å²) in [7, 11) is 0. The van der Waals surface area contributed by atoms with Gasteiger partial charge in [-0.25, -0.2) is 4.98 Å². The number of aryl methyl sites for hydroxylation is 1. The van der Waals surface area contributed by atoms with Crippen molar-refractivity contribution < 1.29 is 4.42 Å². The van der Waals surface area contributed by atoms with Crippen LogP contribution in [0.2, 0.25) is 0 Å². The Kier molecular flexibility index (Phi) is 3.69. The minimum absolute atomic E-state index is 0.723. The summed E-state index contributed by atoms with van der Waals surface area (Å²) in [5.74, 6) is 1.56. The molecule has 0 unspecified atom stereocenters. The first kappa shape index (κ1) is 10.8. The van der Waals surface area contributed by atoms with E-state index >= 15 is 0 Å². The molecule has 1 aromatic heterocycles. The molecule has 1 aromatic carbocycles. The first-order valence-electron chi connectivity index (χ1n) is 4.91. The lowest BCUT2D eigenvalue weighted by Crippen LogP contribution is -1.66. The van der Waals surface area contributed by atoms with Crippen LogP contribution in [0.15, 0.2) is 28.7 Å². The van der Waals surface area contributed by atoms with Gasteiger partial charge in [-0.05, 0) is 18.1 Å². The van der Waals surface area contributed by atoms with Gasteiger partial charge in [-0.2, -0.15) is 0 Å². The number of fused-ring (bicyclic) bond motifs is 1. The number of aromatic nitrogens is 1. The zero-order valence-electron chi connectivity index (χ0n) is 9.24. The standard InChI is InChI=1S/C8H7NO.C4H10/c1-6-9-7-4-2-3-5-8(7)10-6;1-4(2)3/h2-5H,1H3;4H,1-3H3. The third kappa shape index (κ3) is 3.21. The lowest BCUT2D eigenvalue weighted by Gasteiger charge is -1.79. The molecule has 0 saturated heterocycles. The lowest BCUT2D eigenvalue weighted by atomic mass is 10.3. The second-order valence-electron chi connectivity index (χ2n) is 3.93. The summed E-state index contributed by atoms with van der Waals surface area (Å²) in [5.41, 5.74) is 1.79. The van der Waals surface area contributed by atoms with Gasteiger partial charge in [-0.15, -0.1) is 0 Å². The average Bonchev–Trinajstić information content (AvgIpc) is 2.42. The molecule has 76 valence electrons. The first-order valence-corrected chi connectivity index (χ1v) is 4.91. The third-order valence-electron chi connectivity index (χ3n) is 1.40. The molecule has 0 aliphatic carbocycles. The van der Waals surface area contributed by atoms with E-state index in [0.717, 1.165) is 22.9 Å². The zero-order valence-corrected chi connectivity index (χ0v) is 9.24. The van der Waals surface area contributed by atoms with E-state index in [0.29, 0.717) is 0 Å². The smallest absolute Gasteiger partial charge is 0.192 e. The zero-order chi connectivity index (χ0) is 10.6. The molecule has 0 spiro atoms. The van der Waals surface area contributed by atoms with Crippen LogP contribution in [0.3, 0.4) is 0 Å². The Morgan fingerprint density at radius 1 is 1.14 bits per heavy atom. The fraction of sp³-hybridized carbons (Fsp3) is 0.417. The van der Waals surface area contributed by atoms with Crippen molar-refractivity contribution in [2.45, 2.75) is 27.7 Å². The van der Waals surface area contributed by atoms with E-state index in [1.807, 2.05) is 31.2 Å². The van der Waals surface area contributed by atoms with Crippen molar-refractivity contribution >= 4 is 11.1 Å². The van der Waals surface area contributed by atoms with Crippen LogP contribution < -0.4 is 0 Å². The van der Waals surface area contributed by atoms with Crippen molar-refractivity contribution in [2.24, 2.45) is 5.92 Å². The van der Waals surface area contributed by atoms with E-state index in [1.165, 1.54) is 0 Å². The van der Waals surface area contributed by atoms with E-state index in [1.54, 1.807) is 0 Å². The summed E-state index contributed by atoms with van der Waals surface area (Å²) in [6.07, 6.45) is 0. The highest BCUT2D eigenvalue weighted by atomic mass is 16.3. The Morgan fingerprint density at radius 3 is 2.29 bits per heavy atom. The van der Waals surface area contributed by atoms with E-state index < -0.39 is 0 Å². The fourth-order valence-corrected chi connectivity index (χ4v) is 0.987. The van der Waals surface area contributed by atoms with Crippen LogP contribution in [0.4, 0.5) is 0 Å².